The molecule has 8 heteroatoms. The molecular weight excluding hydrogens is 560 g/mol. The third kappa shape index (κ3) is 12.3. The number of rotatable bonds is 9. The summed E-state index contributed by atoms with van der Waals surface area (Å²) in [4.78, 5) is 22.3. The van der Waals surface area contributed by atoms with E-state index in [1.807, 2.05) is 70.2 Å². The molecule has 0 atom stereocenters. The van der Waals surface area contributed by atoms with Gasteiger partial charge in [0.15, 0.2) is 0 Å². The van der Waals surface area contributed by atoms with E-state index in [-0.39, 0.29) is 5.91 Å². The number of hydrogen-bond acceptors (Lipinski definition) is 6. The number of ether oxygens (including phenoxy) is 1. The van der Waals surface area contributed by atoms with Gasteiger partial charge in [0.05, 0.1) is 17.9 Å². The van der Waals surface area contributed by atoms with Crippen LogP contribution < -0.4 is 5.32 Å². The Morgan fingerprint density at radius 1 is 1.13 bits per heavy atom. The van der Waals surface area contributed by atoms with Crippen molar-refractivity contribution in [2.24, 2.45) is 0 Å². The fourth-order valence-electron chi connectivity index (χ4n) is 5.83. The molecule has 2 aliphatic rings. The van der Waals surface area contributed by atoms with Gasteiger partial charge in [0, 0.05) is 57.4 Å². The van der Waals surface area contributed by atoms with Crippen molar-refractivity contribution in [2.75, 3.05) is 60.0 Å². The molecule has 1 fully saturated rings. The number of carbonyl (C=O) groups is 1. The maximum Gasteiger partial charge on any atom is 0.253 e. The second-order valence-corrected chi connectivity index (χ2v) is 11.7. The average molecular weight is 621 g/mol. The molecule has 0 bridgehead atoms. The summed E-state index contributed by atoms with van der Waals surface area (Å²) in [6.45, 7) is 20.4. The molecule has 8 nitrogen and oxygen atoms in total. The highest BCUT2D eigenvalue weighted by Gasteiger charge is 2.25. The van der Waals surface area contributed by atoms with Gasteiger partial charge >= 0.3 is 0 Å². The van der Waals surface area contributed by atoms with E-state index >= 15 is 0 Å². The van der Waals surface area contributed by atoms with E-state index in [2.05, 4.69) is 46.4 Å². The van der Waals surface area contributed by atoms with Crippen molar-refractivity contribution in [3.05, 3.63) is 77.4 Å². The Labute approximate surface area is 273 Å². The van der Waals surface area contributed by atoms with E-state index in [1.54, 1.807) is 6.20 Å². The van der Waals surface area contributed by atoms with Gasteiger partial charge in [0.2, 0.25) is 0 Å². The molecule has 1 saturated heterocycles. The number of likely N-dealkylation sites (N-methyl/N-ethyl adjacent to an activating group) is 2. The standard InChI is InChI=1S/C29H47N5O2.C6H7N.C2H6/c1-6-10-24-11-8-9-15-33(14-7-2)17-16-32(5)29(35)27(24)20-25(22-30-4)28-23(3)21-31-34(28)26-12-18-36-19-13-26;1-6-4-2-3-5-7-6;1-2/h6,20-21,26,30H,1,7-19,22H2,2-5H3;2-5H,1H3;1-2H3/b25-20+,27-24-;;. The van der Waals surface area contributed by atoms with Crippen LogP contribution in [0.25, 0.3) is 5.57 Å². The van der Waals surface area contributed by atoms with Crippen molar-refractivity contribution < 1.29 is 9.53 Å². The molecule has 4 heterocycles. The molecule has 1 N–H and O–H groups in total. The summed E-state index contributed by atoms with van der Waals surface area (Å²) in [6, 6.07) is 6.18. The van der Waals surface area contributed by atoms with E-state index in [0.29, 0.717) is 12.6 Å². The number of aromatic nitrogens is 3. The lowest BCUT2D eigenvalue weighted by Crippen LogP contribution is -2.37. The molecule has 0 saturated carbocycles. The molecule has 4 rings (SSSR count). The number of nitrogens with one attached hydrogen (secondary N) is 1. The minimum absolute atomic E-state index is 0.105. The largest absolute Gasteiger partial charge is 0.381 e. The second-order valence-electron chi connectivity index (χ2n) is 11.7. The van der Waals surface area contributed by atoms with Crippen LogP contribution in [0.2, 0.25) is 0 Å². The van der Waals surface area contributed by atoms with Gasteiger partial charge < -0.3 is 19.9 Å². The molecule has 2 aliphatic heterocycles. The summed E-state index contributed by atoms with van der Waals surface area (Å²) in [5.41, 5.74) is 6.46. The number of hydrogen-bond donors (Lipinski definition) is 1. The first-order valence-electron chi connectivity index (χ1n) is 17.0. The van der Waals surface area contributed by atoms with E-state index in [1.165, 1.54) is 5.57 Å². The van der Waals surface area contributed by atoms with E-state index in [9.17, 15) is 4.79 Å². The zero-order valence-electron chi connectivity index (χ0n) is 29.3. The summed E-state index contributed by atoms with van der Waals surface area (Å²) >= 11 is 0. The van der Waals surface area contributed by atoms with Crippen LogP contribution >= 0.6 is 0 Å². The smallest absolute Gasteiger partial charge is 0.253 e. The van der Waals surface area contributed by atoms with Crippen LogP contribution in [-0.2, 0) is 9.53 Å². The Morgan fingerprint density at radius 2 is 1.89 bits per heavy atom. The van der Waals surface area contributed by atoms with E-state index in [4.69, 9.17) is 9.84 Å². The fraction of sp³-hybridized carbons (Fsp3) is 0.595. The van der Waals surface area contributed by atoms with Gasteiger partial charge in [-0.3, -0.25) is 14.5 Å². The minimum Gasteiger partial charge on any atom is -0.381 e. The lowest BCUT2D eigenvalue weighted by Gasteiger charge is -2.26. The van der Waals surface area contributed by atoms with Crippen LogP contribution in [0.3, 0.4) is 0 Å². The van der Waals surface area contributed by atoms with Gasteiger partial charge in [-0.2, -0.15) is 5.10 Å². The normalized spacial score (nSPS) is 19.1. The van der Waals surface area contributed by atoms with Crippen molar-refractivity contribution in [1.82, 2.24) is 29.9 Å². The monoisotopic (exact) mass is 620 g/mol. The minimum atomic E-state index is 0.105. The SMILES string of the molecule is C=CC/C1=C(\C=C(/CNC)c2c(C)cnn2C2CCOCC2)C(=O)N(C)CCN(CCC)CCCC1.CC.Cc1ccccn1. The first-order valence-corrected chi connectivity index (χ1v) is 17.0. The third-order valence-corrected chi connectivity index (χ3v) is 8.16. The van der Waals surface area contributed by atoms with Crippen molar-refractivity contribution in [2.45, 2.75) is 85.6 Å². The van der Waals surface area contributed by atoms with E-state index in [0.717, 1.165) is 112 Å². The summed E-state index contributed by atoms with van der Waals surface area (Å²) in [5.74, 6) is 0.105. The van der Waals surface area contributed by atoms with Crippen molar-refractivity contribution in [1.29, 1.82) is 0 Å². The molecule has 0 aliphatic carbocycles. The quantitative estimate of drug-likeness (QED) is 0.311. The van der Waals surface area contributed by atoms with Crippen molar-refractivity contribution in [3.63, 3.8) is 0 Å². The number of allylic oxidation sites excluding steroid dienone is 2. The highest BCUT2D eigenvalue weighted by molar-refractivity contribution is 5.99. The number of pyridine rings is 1. The average Bonchev–Trinajstić information content (AvgIpc) is 3.45. The van der Waals surface area contributed by atoms with E-state index < -0.39 is 0 Å². The van der Waals surface area contributed by atoms with Crippen LogP contribution in [0.1, 0.15) is 88.7 Å². The maximum absolute atomic E-state index is 13.9. The van der Waals surface area contributed by atoms with Gasteiger partial charge in [-0.1, -0.05) is 38.5 Å². The molecule has 2 aromatic rings. The van der Waals surface area contributed by atoms with Gasteiger partial charge in [0.1, 0.15) is 0 Å². The van der Waals surface area contributed by atoms with Gasteiger partial charge in [-0.05, 0) is 108 Å². The van der Waals surface area contributed by atoms with Crippen molar-refractivity contribution in [3.8, 4) is 0 Å². The van der Waals surface area contributed by atoms with Crippen LogP contribution in [-0.4, -0.2) is 90.5 Å². The zero-order valence-corrected chi connectivity index (χ0v) is 29.3. The topological polar surface area (TPSA) is 75.5 Å². The molecule has 0 radical (unpaired) electrons. The third-order valence-electron chi connectivity index (χ3n) is 8.16. The predicted molar refractivity (Wildman–Crippen MR) is 188 cm³/mol. The fourth-order valence-corrected chi connectivity index (χ4v) is 5.83. The molecule has 1 amide bonds. The highest BCUT2D eigenvalue weighted by Crippen LogP contribution is 2.30. The number of amides is 1. The van der Waals surface area contributed by atoms with Gasteiger partial charge in [-0.15, -0.1) is 6.58 Å². The van der Waals surface area contributed by atoms with Crippen molar-refractivity contribution >= 4 is 11.5 Å². The predicted octanol–water partition coefficient (Wildman–Crippen LogP) is 6.79. The first-order chi connectivity index (χ1) is 21.9. The molecule has 2 aromatic heterocycles. The molecule has 0 aromatic carbocycles. The Bertz CT molecular complexity index is 1200. The summed E-state index contributed by atoms with van der Waals surface area (Å²) in [5, 5.41) is 8.13. The number of carbonyl (C=O) groups excluding carboxylic acids is 1. The van der Waals surface area contributed by atoms with Crippen LogP contribution in [0.4, 0.5) is 0 Å². The number of nitrogens with zero attached hydrogens (tertiary/aromatic N) is 5. The highest BCUT2D eigenvalue weighted by atomic mass is 16.5. The second kappa shape index (κ2) is 21.6. The Morgan fingerprint density at radius 3 is 2.49 bits per heavy atom. The van der Waals surface area contributed by atoms with Gasteiger partial charge in [0.25, 0.3) is 5.91 Å². The van der Waals surface area contributed by atoms with Crippen LogP contribution in [0.5, 0.6) is 0 Å². The van der Waals surface area contributed by atoms with Crippen LogP contribution in [0, 0.1) is 13.8 Å². The molecule has 250 valence electrons. The molecule has 0 unspecified atom stereocenters. The van der Waals surface area contributed by atoms with Gasteiger partial charge in [-0.25, -0.2) is 0 Å². The van der Waals surface area contributed by atoms with Crippen LogP contribution in [0.15, 0.2) is 60.5 Å². The molecular formula is C37H60N6O2. The molecule has 45 heavy (non-hydrogen) atoms. The Hall–Kier alpha value is -3.07. The summed E-state index contributed by atoms with van der Waals surface area (Å²) < 4.78 is 7.78. The molecule has 0 spiro atoms. The first kappa shape index (κ1) is 38.1. The lowest BCUT2D eigenvalue weighted by atomic mass is 9.94. The summed E-state index contributed by atoms with van der Waals surface area (Å²) in [6.07, 6.45) is 14.8. The zero-order chi connectivity index (χ0) is 33.0. The Balaban J connectivity index is 0.000000679. The number of aryl methyl sites for hydroxylation is 2. The Kier molecular flexibility index (Phi) is 18.3. The maximum atomic E-state index is 13.9. The summed E-state index contributed by atoms with van der Waals surface area (Å²) in [7, 11) is 3.91. The lowest BCUT2D eigenvalue weighted by molar-refractivity contribution is -0.125.